The molecule has 0 amide bonds. The predicted molar refractivity (Wildman–Crippen MR) is 61.3 cm³/mol. The first-order valence-electron chi connectivity index (χ1n) is 5.70. The molecule has 0 aliphatic heterocycles. The molecular weight excluding hydrogens is 453 g/mol. The average Bonchev–Trinajstić information content (AvgIpc) is 2.43. The molecule has 0 spiro atoms. The van der Waals surface area contributed by atoms with Gasteiger partial charge in [0, 0.05) is 22.3 Å². The molecule has 0 radical (unpaired) electrons. The number of hydrogen-bond donors (Lipinski definition) is 0. The number of carboxylic acids is 4. The monoisotopic (exact) mass is 456 g/mol. The van der Waals surface area contributed by atoms with Gasteiger partial charge < -0.3 is 39.6 Å². The number of carbonyl (C=O) groups excluding carboxylic acids is 4. The van der Waals surface area contributed by atoms with Crippen molar-refractivity contribution < 1.29 is 245 Å². The zero-order valence-electron chi connectivity index (χ0n) is 14.6. The minimum absolute atomic E-state index is 0. The summed E-state index contributed by atoms with van der Waals surface area (Å²) in [5.41, 5.74) is -3.11. The van der Waals surface area contributed by atoms with Crippen LogP contribution in [-0.2, 0) is 0 Å². The molecule has 2 rings (SSSR count). The Morgan fingerprint density at radius 3 is 1.38 bits per heavy atom. The van der Waals surface area contributed by atoms with Crippen molar-refractivity contribution in [3.63, 3.8) is 0 Å². The molecule has 2 aromatic rings. The van der Waals surface area contributed by atoms with Crippen molar-refractivity contribution in [2.45, 2.75) is 0 Å². The molecule has 0 N–H and O–H groups in total. The van der Waals surface area contributed by atoms with Crippen molar-refractivity contribution in [3.8, 4) is 0 Å². The molecule has 0 fully saturated rings. The molecule has 8 nitrogen and oxygen atoms in total. The zero-order valence-corrected chi connectivity index (χ0v) is 27.1. The van der Waals surface area contributed by atoms with Gasteiger partial charge >= 0.3 is 206 Å². The number of carbonyl (C=O) groups is 4. The Kier molecular flexibility index (Phi) is 19.5. The van der Waals surface area contributed by atoms with Crippen LogP contribution in [0.25, 0.3) is 10.8 Å². The van der Waals surface area contributed by atoms with Crippen LogP contribution in [0.1, 0.15) is 41.4 Å². The molecule has 26 heavy (non-hydrogen) atoms. The van der Waals surface area contributed by atoms with E-state index in [4.69, 9.17) is 0 Å². The molecule has 2 aromatic carbocycles. The quantitative estimate of drug-likeness (QED) is 0.410. The van der Waals surface area contributed by atoms with Crippen molar-refractivity contribution in [2.75, 3.05) is 0 Å². The van der Waals surface area contributed by atoms with E-state index in [1.807, 2.05) is 0 Å². The van der Waals surface area contributed by atoms with Crippen LogP contribution in [0, 0.1) is 0 Å². The Bertz CT molecular complexity index is 854. The summed E-state index contributed by atoms with van der Waals surface area (Å²) < 4.78 is 0. The second kappa shape index (κ2) is 15.0. The van der Waals surface area contributed by atoms with Gasteiger partial charge in [0.25, 0.3) is 0 Å². The van der Waals surface area contributed by atoms with Crippen LogP contribution in [0.3, 0.4) is 0 Å². The summed E-state index contributed by atoms with van der Waals surface area (Å²) in [6.45, 7) is 0. The number of rotatable bonds is 4. The maximum Gasteiger partial charge on any atom is 1.00 e. The SMILES string of the molecule is O=C([O-])c1cc2ccc(C(=O)[O-])c(C(=O)[O-])c2cc1C(=O)[O-].[K+].[K+].[K+].[K+]. The first-order chi connectivity index (χ1) is 10.2. The molecule has 0 saturated heterocycles. The van der Waals surface area contributed by atoms with E-state index in [-0.39, 0.29) is 216 Å². The van der Waals surface area contributed by atoms with E-state index in [0.29, 0.717) is 6.07 Å². The number of aromatic carboxylic acids is 4. The topological polar surface area (TPSA) is 161 Å². The molecule has 0 heterocycles. The summed E-state index contributed by atoms with van der Waals surface area (Å²) in [5.74, 6) is -7.38. The molecule has 0 atom stereocenters. The van der Waals surface area contributed by atoms with Gasteiger partial charge in [-0.25, -0.2) is 0 Å². The van der Waals surface area contributed by atoms with Crippen molar-refractivity contribution >= 4 is 34.6 Å². The first kappa shape index (κ1) is 33.8. The van der Waals surface area contributed by atoms with Crippen LogP contribution in [0.5, 0.6) is 0 Å². The van der Waals surface area contributed by atoms with Gasteiger partial charge in [-0.15, -0.1) is 0 Å². The first-order valence-corrected chi connectivity index (χ1v) is 5.70. The van der Waals surface area contributed by atoms with Gasteiger partial charge in [0.2, 0.25) is 0 Å². The summed E-state index contributed by atoms with van der Waals surface area (Å²) >= 11 is 0. The molecule has 112 valence electrons. The van der Waals surface area contributed by atoms with Gasteiger partial charge in [0.15, 0.2) is 0 Å². The Morgan fingerprint density at radius 2 is 1.00 bits per heavy atom. The second-order valence-corrected chi connectivity index (χ2v) is 4.26. The van der Waals surface area contributed by atoms with Crippen LogP contribution in [0.4, 0.5) is 0 Å². The third-order valence-corrected chi connectivity index (χ3v) is 3.02. The zero-order chi connectivity index (χ0) is 16.6. The Morgan fingerprint density at radius 1 is 0.577 bits per heavy atom. The molecular formula is C14H4K4O8. The van der Waals surface area contributed by atoms with Crippen LogP contribution in [0.2, 0.25) is 0 Å². The van der Waals surface area contributed by atoms with E-state index in [1.165, 1.54) is 0 Å². The van der Waals surface area contributed by atoms with E-state index in [0.717, 1.165) is 18.2 Å². The summed E-state index contributed by atoms with van der Waals surface area (Å²) in [6.07, 6.45) is 0. The van der Waals surface area contributed by atoms with Crippen LogP contribution in [0.15, 0.2) is 24.3 Å². The van der Waals surface area contributed by atoms with Gasteiger partial charge in [0.1, 0.15) is 0 Å². The molecule has 0 aromatic heterocycles. The fourth-order valence-corrected chi connectivity index (χ4v) is 2.10. The fourth-order valence-electron chi connectivity index (χ4n) is 2.10. The average molecular weight is 457 g/mol. The molecule has 0 saturated carbocycles. The second-order valence-electron chi connectivity index (χ2n) is 4.26. The largest absolute Gasteiger partial charge is 1.00 e. The smallest absolute Gasteiger partial charge is 0.545 e. The molecule has 0 unspecified atom stereocenters. The standard InChI is InChI=1S/C14H8O8.4K/c15-11(16)6-2-1-5-3-8(12(17)18)9(13(19)20)4-7(5)10(6)14(21)22;;;;/h1-4H,(H,15,16)(H,17,18)(H,19,20)(H,21,22);;;;/q;4*+1/p-4. The van der Waals surface area contributed by atoms with Gasteiger partial charge in [-0.3, -0.25) is 0 Å². The van der Waals surface area contributed by atoms with Crippen LogP contribution < -0.4 is 226 Å². The summed E-state index contributed by atoms with van der Waals surface area (Å²) in [6, 6.07) is 3.54. The van der Waals surface area contributed by atoms with E-state index < -0.39 is 46.1 Å². The van der Waals surface area contributed by atoms with Gasteiger partial charge in [-0.05, 0) is 22.9 Å². The van der Waals surface area contributed by atoms with E-state index in [9.17, 15) is 39.6 Å². The number of hydrogen-bond acceptors (Lipinski definition) is 8. The third-order valence-electron chi connectivity index (χ3n) is 3.02. The number of carboxylic acid groups (broad SMARTS) is 4. The maximum absolute atomic E-state index is 11.1. The Balaban J connectivity index is -0.00000132. The normalized spacial score (nSPS) is 8.77. The van der Waals surface area contributed by atoms with Gasteiger partial charge in [-0.1, -0.05) is 12.1 Å². The predicted octanol–water partition coefficient (Wildman–Crippen LogP) is -15.7. The number of fused-ring (bicyclic) bond motifs is 1. The minimum Gasteiger partial charge on any atom is -0.545 e. The molecule has 12 heteroatoms. The summed E-state index contributed by atoms with van der Waals surface area (Å²) in [4.78, 5) is 44.0. The fraction of sp³-hybridized carbons (Fsp3) is 0. The molecule has 0 bridgehead atoms. The molecule has 0 aliphatic rings. The third kappa shape index (κ3) is 7.99. The minimum atomic E-state index is -1.88. The van der Waals surface area contributed by atoms with Crippen LogP contribution in [-0.4, -0.2) is 23.9 Å². The maximum atomic E-state index is 11.1. The summed E-state index contributed by atoms with van der Waals surface area (Å²) in [7, 11) is 0. The van der Waals surface area contributed by atoms with E-state index in [1.54, 1.807) is 0 Å². The van der Waals surface area contributed by atoms with E-state index in [2.05, 4.69) is 0 Å². The van der Waals surface area contributed by atoms with Gasteiger partial charge in [-0.2, -0.15) is 0 Å². The van der Waals surface area contributed by atoms with Crippen molar-refractivity contribution in [1.29, 1.82) is 0 Å². The number of benzene rings is 2. The van der Waals surface area contributed by atoms with Gasteiger partial charge in [0.05, 0.1) is 23.9 Å². The Labute approximate surface area is 317 Å². The Hall–Kier alpha value is 3.13. The molecule has 0 aliphatic carbocycles. The van der Waals surface area contributed by atoms with Crippen LogP contribution >= 0.6 is 0 Å². The van der Waals surface area contributed by atoms with Crippen molar-refractivity contribution in [3.05, 3.63) is 46.5 Å². The van der Waals surface area contributed by atoms with E-state index >= 15 is 0 Å². The summed E-state index contributed by atoms with van der Waals surface area (Å²) in [5, 5.41) is 43.6. The van der Waals surface area contributed by atoms with Crippen molar-refractivity contribution in [2.24, 2.45) is 0 Å². The van der Waals surface area contributed by atoms with Crippen molar-refractivity contribution in [1.82, 2.24) is 0 Å².